The first-order valence-electron chi connectivity index (χ1n) is 14.7. The van der Waals surface area contributed by atoms with Gasteiger partial charge in [0, 0.05) is 38.6 Å². The summed E-state index contributed by atoms with van der Waals surface area (Å²) in [4.78, 5) is 41.7. The number of halogens is 1. The number of hydrogen-bond donors (Lipinski definition) is 1. The molecule has 0 radical (unpaired) electrons. The molecule has 11 heteroatoms. The van der Waals surface area contributed by atoms with Crippen LogP contribution in [-0.4, -0.2) is 89.7 Å². The highest BCUT2D eigenvalue weighted by molar-refractivity contribution is 6.04. The van der Waals surface area contributed by atoms with Crippen molar-refractivity contribution in [3.63, 3.8) is 0 Å². The van der Waals surface area contributed by atoms with Crippen molar-refractivity contribution in [1.82, 2.24) is 19.8 Å². The van der Waals surface area contributed by atoms with Gasteiger partial charge in [0.25, 0.3) is 0 Å². The Morgan fingerprint density at radius 2 is 2.12 bits per heavy atom. The van der Waals surface area contributed by atoms with Crippen LogP contribution in [0.5, 0.6) is 6.01 Å². The smallest absolute Gasteiger partial charge is 0.318 e. The number of ether oxygens (including phenoxy) is 1. The average Bonchev–Trinajstić information content (AvgIpc) is 3.32. The summed E-state index contributed by atoms with van der Waals surface area (Å²) in [7, 11) is 1.88. The summed E-state index contributed by atoms with van der Waals surface area (Å²) in [5.41, 5.74) is 2.71. The summed E-state index contributed by atoms with van der Waals surface area (Å²) in [6.07, 6.45) is 3.86. The maximum absolute atomic E-state index is 14.0. The topological polar surface area (TPSA) is 115 Å². The van der Waals surface area contributed by atoms with E-state index in [1.54, 1.807) is 4.90 Å². The summed E-state index contributed by atoms with van der Waals surface area (Å²) in [5, 5.41) is 12.7. The molecule has 1 N–H and O–H groups in total. The van der Waals surface area contributed by atoms with Gasteiger partial charge in [0.15, 0.2) is 5.82 Å². The van der Waals surface area contributed by atoms with Gasteiger partial charge in [0.2, 0.25) is 11.8 Å². The summed E-state index contributed by atoms with van der Waals surface area (Å²) < 4.78 is 20.2. The molecular formula is C31H36FN7O3. The highest BCUT2D eigenvalue weighted by Crippen LogP contribution is 2.46. The maximum Gasteiger partial charge on any atom is 0.318 e. The Morgan fingerprint density at radius 1 is 1.29 bits per heavy atom. The van der Waals surface area contributed by atoms with Gasteiger partial charge in [-0.3, -0.25) is 14.5 Å². The van der Waals surface area contributed by atoms with Gasteiger partial charge in [-0.1, -0.05) is 30.8 Å². The Labute approximate surface area is 245 Å². The lowest BCUT2D eigenvalue weighted by molar-refractivity contribution is -0.128. The van der Waals surface area contributed by atoms with Crippen LogP contribution in [0.1, 0.15) is 42.5 Å². The molecule has 0 bridgehead atoms. The Bertz CT molecular complexity index is 1440. The molecule has 0 unspecified atom stereocenters. The van der Waals surface area contributed by atoms with E-state index in [0.717, 1.165) is 18.4 Å². The molecule has 42 heavy (non-hydrogen) atoms. The number of nitrogens with zero attached hydrogens (tertiary/aromatic N) is 6. The fourth-order valence-corrected chi connectivity index (χ4v) is 7.07. The number of hydrogen-bond acceptors (Lipinski definition) is 8. The second-order valence-electron chi connectivity index (χ2n) is 11.8. The Hall–Kier alpha value is -4.04. The van der Waals surface area contributed by atoms with Gasteiger partial charge in [0.05, 0.1) is 29.6 Å². The molecule has 6 rings (SSSR count). The van der Waals surface area contributed by atoms with Crippen LogP contribution in [-0.2, 0) is 27.8 Å². The van der Waals surface area contributed by atoms with Crippen LogP contribution in [0.2, 0.25) is 0 Å². The second-order valence-corrected chi connectivity index (χ2v) is 11.8. The zero-order valence-corrected chi connectivity index (χ0v) is 23.9. The van der Waals surface area contributed by atoms with Crippen molar-refractivity contribution < 1.29 is 18.7 Å². The molecule has 4 atom stereocenters. The van der Waals surface area contributed by atoms with Crippen LogP contribution in [0.25, 0.3) is 0 Å². The van der Waals surface area contributed by atoms with E-state index in [-0.39, 0.29) is 42.9 Å². The lowest BCUT2D eigenvalue weighted by Crippen LogP contribution is -2.55. The molecule has 4 heterocycles. The number of nitrogens with one attached hydrogen (secondary N) is 1. The van der Waals surface area contributed by atoms with Crippen molar-refractivity contribution in [3.05, 3.63) is 53.7 Å². The molecule has 10 nitrogen and oxygen atoms in total. The van der Waals surface area contributed by atoms with E-state index in [1.807, 2.05) is 35.0 Å². The molecule has 2 saturated heterocycles. The first-order chi connectivity index (χ1) is 20.3. The molecular weight excluding hydrogens is 537 g/mol. The fraction of sp³-hybridized carbons (Fsp3) is 0.516. The van der Waals surface area contributed by atoms with E-state index < -0.39 is 11.6 Å². The van der Waals surface area contributed by atoms with E-state index >= 15 is 0 Å². The highest BCUT2D eigenvalue weighted by atomic mass is 19.1. The predicted molar refractivity (Wildman–Crippen MR) is 155 cm³/mol. The minimum Gasteiger partial charge on any atom is -0.462 e. The van der Waals surface area contributed by atoms with Gasteiger partial charge in [-0.05, 0) is 49.9 Å². The average molecular weight is 574 g/mol. The number of anilines is 2. The molecule has 1 aromatic carbocycles. The van der Waals surface area contributed by atoms with Gasteiger partial charge in [-0.25, -0.2) is 4.39 Å². The van der Waals surface area contributed by atoms with Gasteiger partial charge in [-0.15, -0.1) is 0 Å². The first kappa shape index (κ1) is 28.1. The third-order valence-corrected chi connectivity index (χ3v) is 9.28. The number of likely N-dealkylation sites (N-methyl/N-ethyl adjacent to an activating group) is 1. The number of nitriles is 1. The van der Waals surface area contributed by atoms with Crippen LogP contribution in [0.3, 0.4) is 0 Å². The number of rotatable bonds is 6. The van der Waals surface area contributed by atoms with Crippen LogP contribution >= 0.6 is 0 Å². The van der Waals surface area contributed by atoms with Crippen molar-refractivity contribution in [1.29, 1.82) is 5.26 Å². The lowest BCUT2D eigenvalue weighted by Gasteiger charge is -2.44. The number of amides is 2. The molecule has 1 aliphatic carbocycles. The normalized spacial score (nSPS) is 27.2. The molecule has 0 saturated carbocycles. The summed E-state index contributed by atoms with van der Waals surface area (Å²) in [6.45, 7) is 5.40. The number of benzene rings is 1. The second kappa shape index (κ2) is 11.3. The maximum atomic E-state index is 14.0. The van der Waals surface area contributed by atoms with E-state index in [9.17, 15) is 19.2 Å². The molecule has 2 fully saturated rings. The van der Waals surface area contributed by atoms with Crippen molar-refractivity contribution >= 4 is 23.3 Å². The molecule has 2 amide bonds. The Balaban J connectivity index is 1.37. The van der Waals surface area contributed by atoms with Gasteiger partial charge in [0.1, 0.15) is 18.5 Å². The highest BCUT2D eigenvalue weighted by Gasteiger charge is 2.48. The third-order valence-electron chi connectivity index (χ3n) is 9.28. The number of carbonyl (C=O) groups excluding carboxylic acids is 2. The summed E-state index contributed by atoms with van der Waals surface area (Å²) in [6, 6.07) is 10.0. The monoisotopic (exact) mass is 573 g/mol. The van der Waals surface area contributed by atoms with Crippen LogP contribution < -0.4 is 15.0 Å². The molecule has 1 aromatic heterocycles. The molecule has 220 valence electrons. The molecule has 2 aromatic rings. The number of likely N-dealkylation sites (tertiary alicyclic amines) is 1. The number of fused-ring (bicyclic) bond motifs is 3. The summed E-state index contributed by atoms with van der Waals surface area (Å²) in [5.74, 6) is 0.220. The van der Waals surface area contributed by atoms with Crippen molar-refractivity contribution in [2.24, 2.45) is 0 Å². The minimum absolute atomic E-state index is 0.0729. The van der Waals surface area contributed by atoms with Crippen molar-refractivity contribution in [3.8, 4) is 12.1 Å². The minimum atomic E-state index is -0.892. The van der Waals surface area contributed by atoms with Crippen molar-refractivity contribution in [2.75, 3.05) is 50.1 Å². The van der Waals surface area contributed by atoms with E-state index in [0.29, 0.717) is 62.6 Å². The summed E-state index contributed by atoms with van der Waals surface area (Å²) >= 11 is 0. The number of carbonyl (C=O) groups is 2. The molecule has 3 aliphatic heterocycles. The largest absolute Gasteiger partial charge is 0.462 e. The van der Waals surface area contributed by atoms with Gasteiger partial charge in [-0.2, -0.15) is 15.2 Å². The van der Waals surface area contributed by atoms with Crippen LogP contribution in [0.4, 0.5) is 15.9 Å². The van der Waals surface area contributed by atoms with E-state index in [2.05, 4.69) is 24.0 Å². The van der Waals surface area contributed by atoms with Crippen LogP contribution in [0.15, 0.2) is 36.9 Å². The number of aryl methyl sites for hydroxylation is 1. The Kier molecular flexibility index (Phi) is 7.58. The van der Waals surface area contributed by atoms with Gasteiger partial charge >= 0.3 is 6.01 Å². The standard InChI is InChI=1S/C31H36FN7O3/c1-3-26(40)39-14-13-38(18-22(39)10-12-33)28-27-25(34-30(36-28)42-19-23-15-21(32)17-37(23)2)16-31(29(41)35-27)11-6-8-20-7-4-5-9-24(20)31/h3-5,7,9,21-23H,1,6,8,10-11,13-19H2,2H3,(H,35,41)/t21-,22+,23+,31-/m1/s1. The van der Waals surface area contributed by atoms with Crippen LogP contribution in [0, 0.1) is 11.3 Å². The lowest BCUT2D eigenvalue weighted by atomic mass is 9.65. The van der Waals surface area contributed by atoms with E-state index in [1.165, 1.54) is 11.6 Å². The number of alkyl halides is 1. The predicted octanol–water partition coefficient (Wildman–Crippen LogP) is 2.78. The number of aromatic nitrogens is 2. The molecule has 4 aliphatic rings. The molecule has 1 spiro atoms. The third kappa shape index (κ3) is 4.98. The van der Waals surface area contributed by atoms with Gasteiger partial charge < -0.3 is 19.9 Å². The number of piperazine rings is 1. The fourth-order valence-electron chi connectivity index (χ4n) is 7.07. The van der Waals surface area contributed by atoms with E-state index in [4.69, 9.17) is 14.7 Å². The first-order valence-corrected chi connectivity index (χ1v) is 14.7. The SMILES string of the molecule is C=CC(=O)N1CCN(c2nc(OC[C@@H]3C[C@@H](F)CN3C)nc3c2NC(=O)[C@]2(CCCc4ccccc42)C3)C[C@@H]1CC#N. The zero-order valence-electron chi connectivity index (χ0n) is 23.9. The van der Waals surface area contributed by atoms with Crippen molar-refractivity contribution in [2.45, 2.75) is 62.2 Å². The zero-order chi connectivity index (χ0) is 29.4. The Morgan fingerprint density at radius 3 is 2.88 bits per heavy atom. The quantitative estimate of drug-likeness (QED) is 0.525.